The van der Waals surface area contributed by atoms with Crippen LogP contribution in [0.3, 0.4) is 0 Å². The Balaban J connectivity index is 1.65. The van der Waals surface area contributed by atoms with Crippen LogP contribution in [0, 0.1) is 6.92 Å². The van der Waals surface area contributed by atoms with E-state index in [-0.39, 0.29) is 5.54 Å². The maximum absolute atomic E-state index is 5.50. The number of nitrogens with zero attached hydrogens (tertiary/aromatic N) is 5. The standard InChI is InChI=1S/C21H33N7O/c1-17-25-26-19(27(17)4)15-23-20(22-14-18-8-6-5-7-9-18)24-16-21(2,3)28-10-12-29-13-11-28/h5-9H,10-16H2,1-4H3,(H2,22,23,24). The van der Waals surface area contributed by atoms with Crippen molar-refractivity contribution >= 4 is 5.96 Å². The van der Waals surface area contributed by atoms with Gasteiger partial charge >= 0.3 is 0 Å². The Morgan fingerprint density at radius 1 is 1.14 bits per heavy atom. The monoisotopic (exact) mass is 399 g/mol. The number of morpholine rings is 1. The molecule has 2 N–H and O–H groups in total. The third kappa shape index (κ3) is 6.01. The van der Waals surface area contributed by atoms with Crippen molar-refractivity contribution in [3.63, 3.8) is 0 Å². The van der Waals surface area contributed by atoms with Gasteiger partial charge in [0.2, 0.25) is 0 Å². The van der Waals surface area contributed by atoms with Crippen molar-refractivity contribution in [1.82, 2.24) is 30.3 Å². The molecule has 2 aromatic rings. The van der Waals surface area contributed by atoms with Crippen molar-refractivity contribution in [1.29, 1.82) is 0 Å². The summed E-state index contributed by atoms with van der Waals surface area (Å²) in [4.78, 5) is 7.25. The molecule has 1 aromatic carbocycles. The Morgan fingerprint density at radius 2 is 1.86 bits per heavy atom. The summed E-state index contributed by atoms with van der Waals surface area (Å²) in [5.74, 6) is 2.55. The number of aromatic nitrogens is 3. The van der Waals surface area contributed by atoms with Gasteiger partial charge in [0.25, 0.3) is 0 Å². The van der Waals surface area contributed by atoms with Gasteiger partial charge in [-0.05, 0) is 26.3 Å². The third-order valence-electron chi connectivity index (χ3n) is 5.41. The van der Waals surface area contributed by atoms with Crippen molar-refractivity contribution in [3.8, 4) is 0 Å². The molecule has 1 aliphatic heterocycles. The summed E-state index contributed by atoms with van der Waals surface area (Å²) in [7, 11) is 1.97. The molecular weight excluding hydrogens is 366 g/mol. The van der Waals surface area contributed by atoms with E-state index < -0.39 is 0 Å². The maximum atomic E-state index is 5.50. The Kier molecular flexibility index (Phi) is 7.22. The number of guanidine groups is 1. The van der Waals surface area contributed by atoms with Gasteiger partial charge in [-0.25, -0.2) is 4.99 Å². The first kappa shape index (κ1) is 21.3. The Hall–Kier alpha value is -2.45. The first-order chi connectivity index (χ1) is 14.0. The van der Waals surface area contributed by atoms with Gasteiger partial charge in [0.1, 0.15) is 5.82 Å². The highest BCUT2D eigenvalue weighted by atomic mass is 16.5. The Bertz CT molecular complexity index is 795. The number of rotatable bonds is 7. The quantitative estimate of drug-likeness (QED) is 0.542. The smallest absolute Gasteiger partial charge is 0.192 e. The number of aliphatic imine (C=N–C) groups is 1. The van der Waals surface area contributed by atoms with Crippen molar-refractivity contribution in [2.45, 2.75) is 39.4 Å². The molecule has 29 heavy (non-hydrogen) atoms. The van der Waals surface area contributed by atoms with Gasteiger partial charge in [0.05, 0.1) is 26.3 Å². The summed E-state index contributed by atoms with van der Waals surface area (Å²) in [6.45, 7) is 11.9. The van der Waals surface area contributed by atoms with E-state index >= 15 is 0 Å². The summed E-state index contributed by atoms with van der Waals surface area (Å²) in [5, 5.41) is 15.3. The highest BCUT2D eigenvalue weighted by molar-refractivity contribution is 5.79. The predicted octanol–water partition coefficient (Wildman–Crippen LogP) is 1.47. The largest absolute Gasteiger partial charge is 0.379 e. The third-order valence-corrected chi connectivity index (χ3v) is 5.41. The van der Waals surface area contributed by atoms with Gasteiger partial charge < -0.3 is 19.9 Å². The van der Waals surface area contributed by atoms with E-state index in [4.69, 9.17) is 9.73 Å². The topological polar surface area (TPSA) is 79.6 Å². The second kappa shape index (κ2) is 9.84. The SMILES string of the molecule is Cc1nnc(CNC(=NCc2ccccc2)NCC(C)(C)N2CCOCC2)n1C. The van der Waals surface area contributed by atoms with Gasteiger partial charge in [0.15, 0.2) is 11.8 Å². The normalized spacial score (nSPS) is 16.1. The van der Waals surface area contributed by atoms with Crippen LogP contribution in [0.4, 0.5) is 0 Å². The fourth-order valence-electron chi connectivity index (χ4n) is 3.28. The molecule has 0 radical (unpaired) electrons. The van der Waals surface area contributed by atoms with Crippen LogP contribution in [-0.2, 0) is 24.9 Å². The van der Waals surface area contributed by atoms with Crippen molar-refractivity contribution in [2.24, 2.45) is 12.0 Å². The molecular formula is C21H33N7O. The van der Waals surface area contributed by atoms with E-state index in [0.29, 0.717) is 13.1 Å². The summed E-state index contributed by atoms with van der Waals surface area (Å²) in [6, 6.07) is 10.3. The summed E-state index contributed by atoms with van der Waals surface area (Å²) in [5.41, 5.74) is 1.18. The van der Waals surface area contributed by atoms with E-state index in [2.05, 4.69) is 51.7 Å². The second-order valence-electron chi connectivity index (χ2n) is 7.99. The minimum atomic E-state index is 0.000341. The molecule has 0 unspecified atom stereocenters. The molecule has 2 heterocycles. The van der Waals surface area contributed by atoms with Crippen LogP contribution in [0.1, 0.15) is 31.1 Å². The van der Waals surface area contributed by atoms with E-state index in [1.54, 1.807) is 0 Å². The minimum absolute atomic E-state index is 0.000341. The number of ether oxygens (including phenoxy) is 1. The van der Waals surface area contributed by atoms with E-state index in [0.717, 1.165) is 50.5 Å². The first-order valence-corrected chi connectivity index (χ1v) is 10.2. The fraction of sp³-hybridized carbons (Fsp3) is 0.571. The van der Waals surface area contributed by atoms with Crippen LogP contribution in [0.5, 0.6) is 0 Å². The zero-order valence-corrected chi connectivity index (χ0v) is 18.0. The zero-order chi connectivity index (χ0) is 20.7. The summed E-state index contributed by atoms with van der Waals surface area (Å²) in [6.07, 6.45) is 0. The molecule has 0 amide bonds. The number of nitrogens with one attached hydrogen (secondary N) is 2. The molecule has 1 saturated heterocycles. The number of benzene rings is 1. The minimum Gasteiger partial charge on any atom is -0.379 e. The van der Waals surface area contributed by atoms with Gasteiger partial charge in [-0.3, -0.25) is 4.90 Å². The lowest BCUT2D eigenvalue weighted by atomic mass is 10.0. The predicted molar refractivity (Wildman–Crippen MR) is 115 cm³/mol. The second-order valence-corrected chi connectivity index (χ2v) is 7.99. The molecule has 158 valence electrons. The van der Waals surface area contributed by atoms with Crippen LogP contribution in [0.15, 0.2) is 35.3 Å². The van der Waals surface area contributed by atoms with Gasteiger partial charge in [0, 0.05) is 32.2 Å². The van der Waals surface area contributed by atoms with Crippen molar-refractivity contribution in [3.05, 3.63) is 47.5 Å². The number of hydrogen-bond acceptors (Lipinski definition) is 5. The molecule has 8 nitrogen and oxygen atoms in total. The highest BCUT2D eigenvalue weighted by Gasteiger charge is 2.28. The molecule has 0 atom stereocenters. The van der Waals surface area contributed by atoms with Crippen molar-refractivity contribution in [2.75, 3.05) is 32.8 Å². The lowest BCUT2D eigenvalue weighted by molar-refractivity contribution is -0.00834. The van der Waals surface area contributed by atoms with E-state index in [1.807, 2.05) is 36.7 Å². The number of hydrogen-bond donors (Lipinski definition) is 2. The molecule has 1 fully saturated rings. The van der Waals surface area contributed by atoms with Crippen LogP contribution in [0.25, 0.3) is 0 Å². The Morgan fingerprint density at radius 3 is 2.52 bits per heavy atom. The molecule has 0 spiro atoms. The van der Waals surface area contributed by atoms with E-state index in [9.17, 15) is 0 Å². The Labute approximate surface area is 173 Å². The number of aryl methyl sites for hydroxylation is 1. The zero-order valence-electron chi connectivity index (χ0n) is 18.0. The molecule has 3 rings (SSSR count). The summed E-state index contributed by atoms with van der Waals surface area (Å²) < 4.78 is 7.48. The molecule has 8 heteroatoms. The molecule has 0 bridgehead atoms. The van der Waals surface area contributed by atoms with E-state index in [1.165, 1.54) is 5.56 Å². The molecule has 1 aromatic heterocycles. The average Bonchev–Trinajstić information content (AvgIpc) is 3.06. The fourth-order valence-corrected chi connectivity index (χ4v) is 3.28. The van der Waals surface area contributed by atoms with Crippen LogP contribution in [-0.4, -0.2) is 64.0 Å². The van der Waals surface area contributed by atoms with Gasteiger partial charge in [-0.2, -0.15) is 0 Å². The average molecular weight is 400 g/mol. The summed E-state index contributed by atoms with van der Waals surface area (Å²) >= 11 is 0. The lowest BCUT2D eigenvalue weighted by Gasteiger charge is -2.41. The van der Waals surface area contributed by atoms with Crippen molar-refractivity contribution < 1.29 is 4.74 Å². The maximum Gasteiger partial charge on any atom is 0.192 e. The first-order valence-electron chi connectivity index (χ1n) is 10.2. The van der Waals surface area contributed by atoms with Crippen LogP contribution in [0.2, 0.25) is 0 Å². The molecule has 0 saturated carbocycles. The van der Waals surface area contributed by atoms with Gasteiger partial charge in [-0.15, -0.1) is 10.2 Å². The van der Waals surface area contributed by atoms with Gasteiger partial charge in [-0.1, -0.05) is 30.3 Å². The van der Waals surface area contributed by atoms with Crippen LogP contribution < -0.4 is 10.6 Å². The highest BCUT2D eigenvalue weighted by Crippen LogP contribution is 2.15. The lowest BCUT2D eigenvalue weighted by Crippen LogP contribution is -2.56. The van der Waals surface area contributed by atoms with Crippen LogP contribution >= 0.6 is 0 Å². The molecule has 0 aliphatic carbocycles. The molecule has 1 aliphatic rings.